The predicted octanol–water partition coefficient (Wildman–Crippen LogP) is 3.65. The Morgan fingerprint density at radius 1 is 1.00 bits per heavy atom. The van der Waals surface area contributed by atoms with Crippen LogP contribution in [0.4, 0.5) is 4.79 Å². The number of imidazole rings is 1. The average molecular weight is 520 g/mol. The van der Waals surface area contributed by atoms with Crippen LogP contribution in [0.5, 0.6) is 0 Å². The third-order valence-electron chi connectivity index (χ3n) is 5.99. The molecule has 0 fully saturated rings. The van der Waals surface area contributed by atoms with Gasteiger partial charge in [-0.1, -0.05) is 81.4 Å². The van der Waals surface area contributed by atoms with Gasteiger partial charge in [0.15, 0.2) is 0 Å². The monoisotopic (exact) mass is 519 g/mol. The van der Waals surface area contributed by atoms with Crippen molar-refractivity contribution in [3.8, 4) is 0 Å². The molecule has 0 aliphatic heterocycles. The molecular formula is C29H37N5O4. The fraction of sp³-hybridized carbons (Fsp3) is 0.379. The van der Waals surface area contributed by atoms with Gasteiger partial charge >= 0.3 is 6.09 Å². The number of aromatic amines is 1. The SMILES string of the molecule is CC(C)CN(CC(=O)NCC(C)c1ccccc1)C(=O)C(Cc1cnc[nH]1)NC(=O)OCc1ccccc1. The van der Waals surface area contributed by atoms with Crippen LogP contribution in [-0.4, -0.2) is 58.5 Å². The molecule has 0 aliphatic carbocycles. The van der Waals surface area contributed by atoms with Gasteiger partial charge < -0.3 is 25.3 Å². The lowest BCUT2D eigenvalue weighted by Crippen LogP contribution is -2.53. The van der Waals surface area contributed by atoms with Crippen molar-refractivity contribution in [1.29, 1.82) is 0 Å². The first-order valence-electron chi connectivity index (χ1n) is 12.9. The van der Waals surface area contributed by atoms with Crippen LogP contribution >= 0.6 is 0 Å². The minimum absolute atomic E-state index is 0.0787. The van der Waals surface area contributed by atoms with E-state index in [1.807, 2.05) is 81.4 Å². The fourth-order valence-corrected chi connectivity index (χ4v) is 4.01. The zero-order chi connectivity index (χ0) is 27.3. The van der Waals surface area contributed by atoms with E-state index in [0.29, 0.717) is 18.8 Å². The van der Waals surface area contributed by atoms with Crippen LogP contribution in [0.15, 0.2) is 73.2 Å². The second kappa shape index (κ2) is 14.6. The van der Waals surface area contributed by atoms with Gasteiger partial charge in [-0.3, -0.25) is 9.59 Å². The number of amides is 3. The highest BCUT2D eigenvalue weighted by atomic mass is 16.5. The number of nitrogens with zero attached hydrogens (tertiary/aromatic N) is 2. The lowest BCUT2D eigenvalue weighted by atomic mass is 10.0. The number of H-pyrrole nitrogens is 1. The summed E-state index contributed by atoms with van der Waals surface area (Å²) in [7, 11) is 0. The number of carbonyl (C=O) groups excluding carboxylic acids is 3. The summed E-state index contributed by atoms with van der Waals surface area (Å²) in [4.78, 5) is 47.6. The molecule has 2 atom stereocenters. The van der Waals surface area contributed by atoms with Crippen molar-refractivity contribution in [2.24, 2.45) is 5.92 Å². The fourth-order valence-electron chi connectivity index (χ4n) is 4.01. The number of hydrogen-bond acceptors (Lipinski definition) is 5. The number of carbonyl (C=O) groups is 3. The lowest BCUT2D eigenvalue weighted by molar-refractivity contribution is -0.138. The summed E-state index contributed by atoms with van der Waals surface area (Å²) < 4.78 is 5.35. The van der Waals surface area contributed by atoms with Crippen molar-refractivity contribution in [1.82, 2.24) is 25.5 Å². The summed E-state index contributed by atoms with van der Waals surface area (Å²) in [5, 5.41) is 5.63. The van der Waals surface area contributed by atoms with Crippen molar-refractivity contribution in [3.63, 3.8) is 0 Å². The Bertz CT molecular complexity index is 1140. The van der Waals surface area contributed by atoms with Gasteiger partial charge in [0.1, 0.15) is 12.6 Å². The first-order valence-corrected chi connectivity index (χ1v) is 12.9. The lowest BCUT2D eigenvalue weighted by Gasteiger charge is -2.29. The Balaban J connectivity index is 1.65. The molecule has 0 aliphatic rings. The first-order chi connectivity index (χ1) is 18.3. The van der Waals surface area contributed by atoms with Gasteiger partial charge in [-0.15, -0.1) is 0 Å². The Hall–Kier alpha value is -4.14. The van der Waals surface area contributed by atoms with Crippen molar-refractivity contribution in [2.75, 3.05) is 19.6 Å². The van der Waals surface area contributed by atoms with Gasteiger partial charge in [-0.05, 0) is 23.0 Å². The first kappa shape index (κ1) is 28.4. The largest absolute Gasteiger partial charge is 0.445 e. The molecule has 0 saturated heterocycles. The topological polar surface area (TPSA) is 116 Å². The number of hydrogen-bond donors (Lipinski definition) is 3. The molecule has 0 spiro atoms. The molecule has 0 radical (unpaired) electrons. The zero-order valence-corrected chi connectivity index (χ0v) is 22.2. The molecule has 9 heteroatoms. The molecule has 1 heterocycles. The van der Waals surface area contributed by atoms with E-state index in [2.05, 4.69) is 20.6 Å². The molecule has 0 bridgehead atoms. The maximum atomic E-state index is 13.7. The quantitative estimate of drug-likeness (QED) is 0.319. The molecule has 3 N–H and O–H groups in total. The highest BCUT2D eigenvalue weighted by Gasteiger charge is 2.29. The second-order valence-corrected chi connectivity index (χ2v) is 9.77. The molecule has 202 valence electrons. The molecule has 38 heavy (non-hydrogen) atoms. The molecule has 3 rings (SSSR count). The minimum Gasteiger partial charge on any atom is -0.445 e. The van der Waals surface area contributed by atoms with Gasteiger partial charge in [-0.2, -0.15) is 0 Å². The zero-order valence-electron chi connectivity index (χ0n) is 22.2. The summed E-state index contributed by atoms with van der Waals surface area (Å²) in [6, 6.07) is 18.3. The molecule has 2 unspecified atom stereocenters. The van der Waals surface area contributed by atoms with Crippen molar-refractivity contribution >= 4 is 17.9 Å². The molecule has 9 nitrogen and oxygen atoms in total. The normalized spacial score (nSPS) is 12.4. The Labute approximate surface area is 224 Å². The van der Waals surface area contributed by atoms with E-state index in [0.717, 1.165) is 11.1 Å². The van der Waals surface area contributed by atoms with E-state index in [4.69, 9.17) is 4.74 Å². The molecule has 0 saturated carbocycles. The number of aromatic nitrogens is 2. The molecule has 2 aromatic carbocycles. The Morgan fingerprint density at radius 3 is 2.32 bits per heavy atom. The van der Waals surface area contributed by atoms with Crippen molar-refractivity contribution in [3.05, 3.63) is 90.0 Å². The number of nitrogens with one attached hydrogen (secondary N) is 3. The van der Waals surface area contributed by atoms with E-state index < -0.39 is 12.1 Å². The van der Waals surface area contributed by atoms with Crippen molar-refractivity contribution in [2.45, 2.75) is 45.8 Å². The number of benzene rings is 2. The second-order valence-electron chi connectivity index (χ2n) is 9.77. The van der Waals surface area contributed by atoms with Crippen LogP contribution in [-0.2, 0) is 27.4 Å². The van der Waals surface area contributed by atoms with Crippen LogP contribution in [0.2, 0.25) is 0 Å². The summed E-state index contributed by atoms with van der Waals surface area (Å²) in [5.41, 5.74) is 2.64. The van der Waals surface area contributed by atoms with Gasteiger partial charge in [0, 0.05) is 31.4 Å². The van der Waals surface area contributed by atoms with E-state index in [1.165, 1.54) is 11.2 Å². The maximum Gasteiger partial charge on any atom is 0.408 e. The molecule has 1 aromatic heterocycles. The van der Waals surface area contributed by atoms with E-state index in [-0.39, 0.29) is 43.2 Å². The van der Waals surface area contributed by atoms with Crippen LogP contribution in [0, 0.1) is 5.92 Å². The third kappa shape index (κ3) is 9.38. The number of ether oxygens (including phenoxy) is 1. The van der Waals surface area contributed by atoms with Gasteiger partial charge in [-0.25, -0.2) is 9.78 Å². The Kier molecular flexibility index (Phi) is 10.9. The van der Waals surface area contributed by atoms with Gasteiger partial charge in [0.2, 0.25) is 11.8 Å². The van der Waals surface area contributed by atoms with Crippen LogP contribution in [0.25, 0.3) is 0 Å². The molecule has 3 aromatic rings. The van der Waals surface area contributed by atoms with Crippen LogP contribution < -0.4 is 10.6 Å². The number of rotatable bonds is 13. The van der Waals surface area contributed by atoms with Crippen molar-refractivity contribution < 1.29 is 19.1 Å². The average Bonchev–Trinajstić information content (AvgIpc) is 3.43. The van der Waals surface area contributed by atoms with E-state index in [1.54, 1.807) is 6.20 Å². The smallest absolute Gasteiger partial charge is 0.408 e. The predicted molar refractivity (Wildman–Crippen MR) is 145 cm³/mol. The number of alkyl carbamates (subject to hydrolysis) is 1. The van der Waals surface area contributed by atoms with Gasteiger partial charge in [0.25, 0.3) is 0 Å². The summed E-state index contributed by atoms with van der Waals surface area (Å²) in [6.07, 6.45) is 2.58. The minimum atomic E-state index is -0.937. The Morgan fingerprint density at radius 2 is 1.68 bits per heavy atom. The highest BCUT2D eigenvalue weighted by Crippen LogP contribution is 2.13. The summed E-state index contributed by atoms with van der Waals surface area (Å²) >= 11 is 0. The van der Waals surface area contributed by atoms with E-state index >= 15 is 0 Å². The van der Waals surface area contributed by atoms with E-state index in [9.17, 15) is 14.4 Å². The third-order valence-corrected chi connectivity index (χ3v) is 5.99. The van der Waals surface area contributed by atoms with Gasteiger partial charge in [0.05, 0.1) is 12.9 Å². The maximum absolute atomic E-state index is 13.7. The van der Waals surface area contributed by atoms with Crippen LogP contribution in [0.3, 0.4) is 0 Å². The summed E-state index contributed by atoms with van der Waals surface area (Å²) in [5.74, 6) is -0.374. The standard InChI is InChI=1S/C29H37N5O4/c1-21(2)17-34(18-27(35)31-15-22(3)24-12-8-5-9-13-24)28(36)26(14-25-16-30-20-32-25)33-29(37)38-19-23-10-6-4-7-11-23/h4-13,16,20-22,26H,14-15,17-19H2,1-3H3,(H,30,32)(H,31,35)(H,33,37). The summed E-state index contributed by atoms with van der Waals surface area (Å²) in [6.45, 7) is 6.77. The van der Waals surface area contributed by atoms with Crippen LogP contribution in [0.1, 0.15) is 43.5 Å². The molecule has 3 amide bonds. The highest BCUT2D eigenvalue weighted by molar-refractivity contribution is 5.89. The molecular weight excluding hydrogens is 482 g/mol.